The first-order valence-electron chi connectivity index (χ1n) is 8.69. The highest BCUT2D eigenvalue weighted by atomic mass is 32.2. The standard InChI is InChI=1S/C17H24O10S2/c1-6-22-17(28)29-16-15(26-11(5)21)14(25-10(4)20)13(24-9(3)19)12(27-16)7-23-8(2)18/h12-16H,6-7H2,1-5H3/t12-,13+,14+,15-,16+/m1/s1. The molecule has 1 aliphatic rings. The maximum absolute atomic E-state index is 11.7. The van der Waals surface area contributed by atoms with Crippen molar-refractivity contribution < 1.29 is 47.6 Å². The van der Waals surface area contributed by atoms with E-state index in [1.165, 1.54) is 13.8 Å². The van der Waals surface area contributed by atoms with Crippen molar-refractivity contribution in [2.45, 2.75) is 64.5 Å². The van der Waals surface area contributed by atoms with Crippen LogP contribution in [0.4, 0.5) is 0 Å². The number of hydrogen-bond acceptors (Lipinski definition) is 12. The van der Waals surface area contributed by atoms with E-state index in [0.717, 1.165) is 25.6 Å². The molecule has 29 heavy (non-hydrogen) atoms. The Bertz CT molecular complexity index is 638. The summed E-state index contributed by atoms with van der Waals surface area (Å²) in [6, 6.07) is 0. The molecule has 0 radical (unpaired) electrons. The molecule has 1 saturated heterocycles. The lowest BCUT2D eigenvalue weighted by atomic mass is 9.99. The van der Waals surface area contributed by atoms with E-state index in [1.807, 2.05) is 0 Å². The Morgan fingerprint density at radius 1 is 0.828 bits per heavy atom. The summed E-state index contributed by atoms with van der Waals surface area (Å²) < 4.78 is 32.1. The van der Waals surface area contributed by atoms with Crippen molar-refractivity contribution in [3.05, 3.63) is 0 Å². The maximum Gasteiger partial charge on any atom is 0.303 e. The van der Waals surface area contributed by atoms with Crippen LogP contribution in [-0.4, -0.2) is 71.3 Å². The van der Waals surface area contributed by atoms with Crippen molar-refractivity contribution >= 4 is 52.2 Å². The molecule has 0 aromatic heterocycles. The lowest BCUT2D eigenvalue weighted by molar-refractivity contribution is -0.237. The van der Waals surface area contributed by atoms with Gasteiger partial charge in [-0.25, -0.2) is 0 Å². The highest BCUT2D eigenvalue weighted by Gasteiger charge is 2.52. The van der Waals surface area contributed by atoms with Gasteiger partial charge in [-0.1, -0.05) is 0 Å². The molecule has 1 heterocycles. The van der Waals surface area contributed by atoms with Gasteiger partial charge in [0.2, 0.25) is 4.38 Å². The first-order chi connectivity index (χ1) is 13.5. The van der Waals surface area contributed by atoms with Gasteiger partial charge in [0.1, 0.15) is 12.7 Å². The van der Waals surface area contributed by atoms with Gasteiger partial charge in [-0.3, -0.25) is 19.2 Å². The van der Waals surface area contributed by atoms with E-state index in [0.29, 0.717) is 6.61 Å². The minimum absolute atomic E-state index is 0.105. The number of rotatable bonds is 7. The SMILES string of the molecule is CCOC(=S)S[C@@H]1O[C@H](COC(C)=O)[C@H](OC(C)=O)[C@H](OC(C)=O)[C@H]1OC(C)=O. The van der Waals surface area contributed by atoms with Crippen molar-refractivity contribution in [1.82, 2.24) is 0 Å². The molecule has 0 N–H and O–H groups in total. The number of esters is 4. The molecule has 0 spiro atoms. The average Bonchev–Trinajstić information content (AvgIpc) is 2.57. The summed E-state index contributed by atoms with van der Waals surface area (Å²) >= 11 is 6.04. The molecule has 5 atom stereocenters. The average molecular weight is 453 g/mol. The molecule has 12 heteroatoms. The van der Waals surface area contributed by atoms with Crippen LogP contribution in [0.1, 0.15) is 34.6 Å². The summed E-state index contributed by atoms with van der Waals surface area (Å²) in [5.74, 6) is -2.66. The molecular weight excluding hydrogens is 428 g/mol. The molecule has 1 rings (SSSR count). The van der Waals surface area contributed by atoms with Gasteiger partial charge in [-0.15, -0.1) is 0 Å². The van der Waals surface area contributed by atoms with Crippen LogP contribution in [0.15, 0.2) is 0 Å². The zero-order valence-corrected chi connectivity index (χ0v) is 18.3. The van der Waals surface area contributed by atoms with Crippen LogP contribution in [0.5, 0.6) is 0 Å². The molecule has 1 aliphatic heterocycles. The highest BCUT2D eigenvalue weighted by Crippen LogP contribution is 2.35. The van der Waals surface area contributed by atoms with Crippen LogP contribution >= 0.6 is 24.0 Å². The van der Waals surface area contributed by atoms with Crippen molar-refractivity contribution in [3.8, 4) is 0 Å². The zero-order valence-electron chi connectivity index (χ0n) is 16.7. The second-order valence-electron chi connectivity index (χ2n) is 5.87. The lowest BCUT2D eigenvalue weighted by Gasteiger charge is -2.43. The maximum atomic E-state index is 11.7. The van der Waals surface area contributed by atoms with Gasteiger partial charge in [0.05, 0.1) is 6.61 Å². The number of carbonyl (C=O) groups is 4. The Morgan fingerprint density at radius 2 is 1.34 bits per heavy atom. The van der Waals surface area contributed by atoms with Gasteiger partial charge in [0.25, 0.3) is 0 Å². The van der Waals surface area contributed by atoms with Gasteiger partial charge in [0.15, 0.2) is 23.7 Å². The lowest BCUT2D eigenvalue weighted by Crippen LogP contribution is -2.61. The van der Waals surface area contributed by atoms with Crippen LogP contribution in [0.3, 0.4) is 0 Å². The minimum Gasteiger partial charge on any atom is -0.479 e. The van der Waals surface area contributed by atoms with E-state index >= 15 is 0 Å². The van der Waals surface area contributed by atoms with E-state index in [2.05, 4.69) is 0 Å². The van der Waals surface area contributed by atoms with Gasteiger partial charge in [-0.05, 0) is 30.9 Å². The fourth-order valence-corrected chi connectivity index (χ4v) is 3.85. The third-order valence-electron chi connectivity index (χ3n) is 3.42. The van der Waals surface area contributed by atoms with Crippen LogP contribution < -0.4 is 0 Å². The fourth-order valence-electron chi connectivity index (χ4n) is 2.53. The molecule has 0 saturated carbocycles. The monoisotopic (exact) mass is 452 g/mol. The molecule has 0 bridgehead atoms. The predicted octanol–water partition coefficient (Wildman–Crippen LogP) is 1.12. The smallest absolute Gasteiger partial charge is 0.303 e. The highest BCUT2D eigenvalue weighted by molar-refractivity contribution is 8.22. The molecule has 0 unspecified atom stereocenters. The second kappa shape index (κ2) is 11.9. The molecular formula is C17H24O10S2. The van der Waals surface area contributed by atoms with Crippen molar-refractivity contribution in [1.29, 1.82) is 0 Å². The first kappa shape index (κ1) is 25.1. The van der Waals surface area contributed by atoms with E-state index < -0.39 is 53.7 Å². The molecule has 0 aromatic rings. The summed E-state index contributed by atoms with van der Waals surface area (Å²) in [4.78, 5) is 46.2. The molecule has 0 aliphatic carbocycles. The van der Waals surface area contributed by atoms with Crippen LogP contribution in [-0.2, 0) is 47.6 Å². The summed E-state index contributed by atoms with van der Waals surface area (Å²) in [6.07, 6.45) is -4.60. The third-order valence-corrected chi connectivity index (χ3v) is 4.75. The first-order valence-corrected chi connectivity index (χ1v) is 9.97. The summed E-state index contributed by atoms with van der Waals surface area (Å²) in [6.45, 7) is 6.41. The number of ether oxygens (including phenoxy) is 6. The Balaban J connectivity index is 3.29. The normalized spacial score (nSPS) is 26.0. The minimum atomic E-state index is -1.23. The summed E-state index contributed by atoms with van der Waals surface area (Å²) in [5, 5.41) is 0. The van der Waals surface area contributed by atoms with Gasteiger partial charge >= 0.3 is 23.9 Å². The van der Waals surface area contributed by atoms with E-state index in [1.54, 1.807) is 6.92 Å². The Labute approximate surface area is 177 Å². The summed E-state index contributed by atoms with van der Waals surface area (Å²) in [7, 11) is 0. The second-order valence-corrected chi connectivity index (χ2v) is 7.57. The van der Waals surface area contributed by atoms with Gasteiger partial charge in [0, 0.05) is 27.7 Å². The summed E-state index contributed by atoms with van der Waals surface area (Å²) in [5.41, 5.74) is -0.977. The molecule has 164 valence electrons. The third kappa shape index (κ3) is 8.54. The van der Waals surface area contributed by atoms with Crippen LogP contribution in [0, 0.1) is 0 Å². The molecule has 10 nitrogen and oxygen atoms in total. The number of thioether (sulfide) groups is 1. The number of thiocarbonyl (C=S) groups is 1. The van der Waals surface area contributed by atoms with Crippen LogP contribution in [0.25, 0.3) is 0 Å². The van der Waals surface area contributed by atoms with Crippen molar-refractivity contribution in [3.63, 3.8) is 0 Å². The Kier molecular flexibility index (Phi) is 10.3. The van der Waals surface area contributed by atoms with Gasteiger partial charge in [-0.2, -0.15) is 0 Å². The van der Waals surface area contributed by atoms with Crippen molar-refractivity contribution in [2.24, 2.45) is 0 Å². The Hall–Kier alpha value is -1.92. The molecule has 0 aromatic carbocycles. The topological polar surface area (TPSA) is 124 Å². The zero-order chi connectivity index (χ0) is 22.1. The molecule has 0 amide bonds. The largest absolute Gasteiger partial charge is 0.479 e. The number of carbonyl (C=O) groups excluding carboxylic acids is 4. The number of hydrogen-bond donors (Lipinski definition) is 0. The van der Waals surface area contributed by atoms with Crippen LogP contribution in [0.2, 0.25) is 0 Å². The van der Waals surface area contributed by atoms with E-state index in [4.69, 9.17) is 40.6 Å². The fraction of sp³-hybridized carbons (Fsp3) is 0.706. The quantitative estimate of drug-likeness (QED) is 0.312. The van der Waals surface area contributed by atoms with E-state index in [9.17, 15) is 19.2 Å². The van der Waals surface area contributed by atoms with Gasteiger partial charge < -0.3 is 28.4 Å². The Morgan fingerprint density at radius 3 is 1.83 bits per heavy atom. The van der Waals surface area contributed by atoms with E-state index in [-0.39, 0.29) is 11.0 Å². The van der Waals surface area contributed by atoms with Crippen molar-refractivity contribution in [2.75, 3.05) is 13.2 Å². The predicted molar refractivity (Wildman–Crippen MR) is 104 cm³/mol. The molecule has 1 fully saturated rings.